The molecule has 3 fully saturated rings. The van der Waals surface area contributed by atoms with Crippen molar-refractivity contribution in [2.75, 3.05) is 6.61 Å². The van der Waals surface area contributed by atoms with Gasteiger partial charge in [0.05, 0.1) is 6.10 Å². The molecule has 3 unspecified atom stereocenters. The van der Waals surface area contributed by atoms with Crippen molar-refractivity contribution in [3.8, 4) is 0 Å². The number of Topliss-reactive ketones (excluding diaryl/α,β-unsaturated/α-hetero) is 1. The predicted molar refractivity (Wildman–Crippen MR) is 113 cm³/mol. The zero-order valence-electron chi connectivity index (χ0n) is 18.7. The van der Waals surface area contributed by atoms with E-state index in [1.807, 2.05) is 0 Å². The number of carbonyl (C=O) groups is 3. The molecule has 176 valence electrons. The fourth-order valence-electron chi connectivity index (χ4n) is 7.32. The molecule has 32 heavy (non-hydrogen) atoms. The fraction of sp³-hybridized carbons (Fsp3) is 0.708. The average molecular weight is 471 g/mol. The van der Waals surface area contributed by atoms with Gasteiger partial charge in [-0.25, -0.2) is 8.78 Å². The van der Waals surface area contributed by atoms with Gasteiger partial charge in [0.25, 0.3) is 0 Å². The summed E-state index contributed by atoms with van der Waals surface area (Å²) < 4.78 is 37.7. The number of aliphatic hydroxyl groups excluding tert-OH is 1. The van der Waals surface area contributed by atoms with E-state index >= 15 is 8.78 Å². The van der Waals surface area contributed by atoms with Gasteiger partial charge in [0.2, 0.25) is 0 Å². The van der Waals surface area contributed by atoms with E-state index in [4.69, 9.17) is 16.3 Å². The minimum atomic E-state index is -2.36. The molecule has 5 nitrogen and oxygen atoms in total. The van der Waals surface area contributed by atoms with Crippen molar-refractivity contribution in [1.29, 1.82) is 0 Å². The highest BCUT2D eigenvalue weighted by atomic mass is 35.5. The zero-order chi connectivity index (χ0) is 23.9. The molecule has 0 heterocycles. The third kappa shape index (κ3) is 2.73. The summed E-state index contributed by atoms with van der Waals surface area (Å²) in [6.45, 7) is 5.73. The van der Waals surface area contributed by atoms with Crippen LogP contribution in [-0.4, -0.2) is 52.1 Å². The molecular formula is C24H29ClF2O5. The second-order valence-corrected chi connectivity index (χ2v) is 11.0. The summed E-state index contributed by atoms with van der Waals surface area (Å²) in [4.78, 5) is 34.8. The Balaban J connectivity index is 1.80. The van der Waals surface area contributed by atoms with E-state index in [-0.39, 0.29) is 18.6 Å². The number of rotatable bonds is 3. The molecule has 0 spiro atoms. The topological polar surface area (TPSA) is 80.7 Å². The van der Waals surface area contributed by atoms with Crippen LogP contribution in [0.3, 0.4) is 0 Å². The Bertz CT molecular complexity index is 949. The predicted octanol–water partition coefficient (Wildman–Crippen LogP) is 3.66. The van der Waals surface area contributed by atoms with Gasteiger partial charge in [-0.3, -0.25) is 14.4 Å². The molecule has 0 amide bonds. The lowest BCUT2D eigenvalue weighted by Gasteiger charge is -2.63. The molecule has 4 aliphatic carbocycles. The minimum Gasteiger partial charge on any atom is -0.458 e. The van der Waals surface area contributed by atoms with Crippen molar-refractivity contribution in [2.45, 2.75) is 69.8 Å². The molecule has 0 bridgehead atoms. The van der Waals surface area contributed by atoms with Gasteiger partial charge in [0.15, 0.2) is 23.8 Å². The van der Waals surface area contributed by atoms with Gasteiger partial charge < -0.3 is 9.84 Å². The third-order valence-electron chi connectivity index (χ3n) is 8.93. The first-order valence-electron chi connectivity index (χ1n) is 11.0. The van der Waals surface area contributed by atoms with Crippen molar-refractivity contribution in [2.24, 2.45) is 28.6 Å². The van der Waals surface area contributed by atoms with Gasteiger partial charge in [0.1, 0.15) is 11.0 Å². The van der Waals surface area contributed by atoms with Crippen LogP contribution >= 0.6 is 11.6 Å². The Morgan fingerprint density at radius 1 is 1.34 bits per heavy atom. The van der Waals surface area contributed by atoms with E-state index in [1.165, 1.54) is 25.2 Å². The normalized spacial score (nSPS) is 49.6. The van der Waals surface area contributed by atoms with E-state index in [0.717, 1.165) is 0 Å². The maximum atomic E-state index is 17.1. The summed E-state index contributed by atoms with van der Waals surface area (Å²) >= 11 is 6.98. The lowest BCUT2D eigenvalue weighted by molar-refractivity contribution is -0.210. The van der Waals surface area contributed by atoms with Crippen LogP contribution < -0.4 is 0 Å². The summed E-state index contributed by atoms with van der Waals surface area (Å²) in [5.74, 6) is -3.75. The van der Waals surface area contributed by atoms with Gasteiger partial charge in [-0.2, -0.15) is 0 Å². The van der Waals surface area contributed by atoms with Crippen LogP contribution in [-0.2, 0) is 19.1 Å². The number of ether oxygens (including phenoxy) is 1. The Hall–Kier alpha value is -1.60. The fourth-order valence-corrected chi connectivity index (χ4v) is 7.69. The van der Waals surface area contributed by atoms with Gasteiger partial charge in [-0.1, -0.05) is 25.5 Å². The van der Waals surface area contributed by atoms with Crippen molar-refractivity contribution in [3.05, 3.63) is 23.8 Å². The first-order chi connectivity index (χ1) is 14.7. The Kier molecular flexibility index (Phi) is 5.30. The first kappa shape index (κ1) is 23.6. The molecule has 0 saturated heterocycles. The van der Waals surface area contributed by atoms with Crippen LogP contribution in [0.5, 0.6) is 0 Å². The van der Waals surface area contributed by atoms with Crippen LogP contribution in [0.25, 0.3) is 0 Å². The second-order valence-electron chi connectivity index (χ2n) is 10.4. The summed E-state index contributed by atoms with van der Waals surface area (Å²) in [6.07, 6.45) is 0.773. The maximum Gasteiger partial charge on any atom is 0.303 e. The van der Waals surface area contributed by atoms with Crippen molar-refractivity contribution < 1.29 is 33.0 Å². The van der Waals surface area contributed by atoms with Gasteiger partial charge in [0, 0.05) is 30.1 Å². The molecule has 0 aromatic carbocycles. The molecule has 0 aromatic rings. The SMILES string of the molecule is CC(=O)OCC(=O)[C@@]1(Cl)C(C)C[C@H]2[C@@H]3C(F)CC4=CC(=O)C=C[C@]4(C)[C@@]3(F)C(O)C[C@@]21C. The third-order valence-corrected chi connectivity index (χ3v) is 9.95. The van der Waals surface area contributed by atoms with Crippen molar-refractivity contribution in [3.63, 3.8) is 0 Å². The maximum absolute atomic E-state index is 17.1. The largest absolute Gasteiger partial charge is 0.458 e. The van der Waals surface area contributed by atoms with Crippen molar-refractivity contribution >= 4 is 29.1 Å². The summed E-state index contributed by atoms with van der Waals surface area (Å²) in [5, 5.41) is 11.2. The number of carbonyl (C=O) groups excluding carboxylic acids is 3. The number of hydrogen-bond acceptors (Lipinski definition) is 5. The van der Waals surface area contributed by atoms with Crippen LogP contribution in [0, 0.1) is 28.6 Å². The smallest absolute Gasteiger partial charge is 0.303 e. The minimum absolute atomic E-state index is 0.118. The molecule has 3 saturated carbocycles. The van der Waals surface area contributed by atoms with E-state index in [2.05, 4.69) is 0 Å². The zero-order valence-corrected chi connectivity index (χ0v) is 19.4. The number of alkyl halides is 3. The number of fused-ring (bicyclic) bond motifs is 5. The Morgan fingerprint density at radius 3 is 2.62 bits per heavy atom. The summed E-state index contributed by atoms with van der Waals surface area (Å²) in [6, 6.07) is 0. The number of esters is 1. The van der Waals surface area contributed by atoms with E-state index in [1.54, 1.807) is 20.8 Å². The molecule has 4 rings (SSSR count). The molecule has 9 atom stereocenters. The number of aliphatic hydroxyl groups is 1. The first-order valence-corrected chi connectivity index (χ1v) is 11.4. The molecule has 0 aromatic heterocycles. The quantitative estimate of drug-likeness (QED) is 0.503. The van der Waals surface area contributed by atoms with E-state index < -0.39 is 69.8 Å². The number of allylic oxidation sites excluding steroid dienone is 4. The lowest BCUT2D eigenvalue weighted by Crippen LogP contribution is -2.71. The number of hydrogen-bond donors (Lipinski definition) is 1. The standard InChI is InChI=1S/C24H29ClF2O5/c1-12-7-16-20-17(26)9-14-8-15(29)5-6-21(14,3)24(20,27)18(30)10-22(16,4)23(12,25)19(31)11-32-13(2)28/h5-6,8,12,16-18,20,30H,7,9-11H2,1-4H3/t12?,16-,17?,18?,20+,21-,22-,23-,24+/m0/s1. The molecule has 8 heteroatoms. The van der Waals surface area contributed by atoms with Gasteiger partial charge in [-0.05, 0) is 43.8 Å². The summed E-state index contributed by atoms with van der Waals surface area (Å²) in [7, 11) is 0. The van der Waals surface area contributed by atoms with Gasteiger partial charge >= 0.3 is 5.97 Å². The second kappa shape index (κ2) is 7.20. The van der Waals surface area contributed by atoms with Crippen LogP contribution in [0.4, 0.5) is 8.78 Å². The van der Waals surface area contributed by atoms with Crippen LogP contribution in [0.15, 0.2) is 23.8 Å². The summed E-state index contributed by atoms with van der Waals surface area (Å²) in [5.41, 5.74) is -4.47. The molecular weight excluding hydrogens is 442 g/mol. The molecule has 0 radical (unpaired) electrons. The monoisotopic (exact) mass is 470 g/mol. The highest BCUT2D eigenvalue weighted by Gasteiger charge is 2.77. The Morgan fingerprint density at radius 2 is 2.00 bits per heavy atom. The van der Waals surface area contributed by atoms with E-state index in [0.29, 0.717) is 12.0 Å². The number of ketones is 2. The molecule has 0 aliphatic heterocycles. The lowest BCUT2D eigenvalue weighted by atomic mass is 9.44. The van der Waals surface area contributed by atoms with Crippen LogP contribution in [0.1, 0.15) is 47.0 Å². The number of halogens is 3. The van der Waals surface area contributed by atoms with Crippen molar-refractivity contribution in [1.82, 2.24) is 0 Å². The van der Waals surface area contributed by atoms with Crippen LogP contribution in [0.2, 0.25) is 0 Å². The van der Waals surface area contributed by atoms with E-state index in [9.17, 15) is 19.5 Å². The molecule has 1 N–H and O–H groups in total. The highest BCUT2D eigenvalue weighted by molar-refractivity contribution is 6.36. The molecule has 4 aliphatic rings. The highest BCUT2D eigenvalue weighted by Crippen LogP contribution is 2.72. The Labute approximate surface area is 191 Å². The van der Waals surface area contributed by atoms with Gasteiger partial charge in [-0.15, -0.1) is 11.6 Å². The average Bonchev–Trinajstić information content (AvgIpc) is 2.89.